The van der Waals surface area contributed by atoms with E-state index in [1.165, 1.54) is 18.2 Å². The van der Waals surface area contributed by atoms with Crippen molar-refractivity contribution >= 4 is 32.8 Å². The number of carboxylic acids is 1. The molecule has 0 spiro atoms. The Morgan fingerprint density at radius 1 is 1.23 bits per heavy atom. The van der Waals surface area contributed by atoms with Gasteiger partial charge in [0.2, 0.25) is 0 Å². The summed E-state index contributed by atoms with van der Waals surface area (Å²) in [4.78, 5) is 30.3. The van der Waals surface area contributed by atoms with Crippen LogP contribution in [0.2, 0.25) is 0 Å². The number of carbonyl (C=O) groups is 1. The lowest BCUT2D eigenvalue weighted by atomic mass is 10.1. The van der Waals surface area contributed by atoms with Gasteiger partial charge in [0.05, 0.1) is 16.5 Å². The summed E-state index contributed by atoms with van der Waals surface area (Å²) in [5.74, 6) is -0.638. The van der Waals surface area contributed by atoms with E-state index in [0.717, 1.165) is 15.6 Å². The van der Waals surface area contributed by atoms with E-state index >= 15 is 0 Å². The first kappa shape index (κ1) is 14.5. The predicted molar refractivity (Wildman–Crippen MR) is 87.2 cm³/mol. The number of rotatable bonds is 2. The number of carboxylic acid groups (broad SMARTS) is 1. The molecule has 0 aliphatic carbocycles. The summed E-state index contributed by atoms with van der Waals surface area (Å²) in [5.41, 5.74) is 1.94. The van der Waals surface area contributed by atoms with Crippen molar-refractivity contribution in [2.24, 2.45) is 0 Å². The number of aromatic nitrogens is 2. The van der Waals surface area contributed by atoms with Crippen LogP contribution >= 0.6 is 15.9 Å². The van der Waals surface area contributed by atoms with Crippen LogP contribution in [-0.2, 0) is 0 Å². The topological polar surface area (TPSA) is 83.0 Å². The first-order chi connectivity index (χ1) is 10.5. The first-order valence-corrected chi connectivity index (χ1v) is 7.29. The summed E-state index contributed by atoms with van der Waals surface area (Å²) in [6.07, 6.45) is 0. The molecule has 22 heavy (non-hydrogen) atoms. The SMILES string of the molecule is Cc1cc(-c2nc3cc(C(=O)O)ccc3c(=O)[nH]2)ccc1Br. The van der Waals surface area contributed by atoms with Crippen molar-refractivity contribution < 1.29 is 9.90 Å². The highest BCUT2D eigenvalue weighted by atomic mass is 79.9. The van der Waals surface area contributed by atoms with Crippen LogP contribution in [0.15, 0.2) is 45.7 Å². The molecule has 0 atom stereocenters. The summed E-state index contributed by atoms with van der Waals surface area (Å²) < 4.78 is 0.965. The van der Waals surface area contributed by atoms with Crippen LogP contribution in [0.3, 0.4) is 0 Å². The lowest BCUT2D eigenvalue weighted by molar-refractivity contribution is 0.0697. The zero-order chi connectivity index (χ0) is 15.9. The van der Waals surface area contributed by atoms with E-state index in [1.54, 1.807) is 0 Å². The third kappa shape index (κ3) is 2.53. The molecule has 0 aliphatic heterocycles. The second-order valence-corrected chi connectivity index (χ2v) is 5.77. The normalized spacial score (nSPS) is 10.8. The van der Waals surface area contributed by atoms with E-state index in [-0.39, 0.29) is 11.1 Å². The molecule has 6 heteroatoms. The second-order valence-electron chi connectivity index (χ2n) is 4.92. The molecule has 0 amide bonds. The Kier molecular flexibility index (Phi) is 3.54. The number of halogens is 1. The Bertz CT molecular complexity index is 963. The monoisotopic (exact) mass is 358 g/mol. The van der Waals surface area contributed by atoms with Crippen LogP contribution in [0, 0.1) is 6.92 Å². The van der Waals surface area contributed by atoms with Crippen LogP contribution in [-0.4, -0.2) is 21.0 Å². The number of hydrogen-bond acceptors (Lipinski definition) is 3. The number of nitrogens with zero attached hydrogens (tertiary/aromatic N) is 1. The first-order valence-electron chi connectivity index (χ1n) is 6.49. The molecule has 2 aromatic carbocycles. The van der Waals surface area contributed by atoms with E-state index < -0.39 is 5.97 Å². The maximum absolute atomic E-state index is 12.2. The van der Waals surface area contributed by atoms with Gasteiger partial charge in [0.1, 0.15) is 5.82 Å². The zero-order valence-electron chi connectivity index (χ0n) is 11.6. The molecule has 0 bridgehead atoms. The quantitative estimate of drug-likeness (QED) is 0.735. The molecule has 0 aliphatic rings. The number of H-pyrrole nitrogens is 1. The molecule has 0 unspecified atom stereocenters. The van der Waals surface area contributed by atoms with E-state index in [9.17, 15) is 9.59 Å². The largest absolute Gasteiger partial charge is 0.478 e. The zero-order valence-corrected chi connectivity index (χ0v) is 13.1. The molecule has 3 aromatic rings. The summed E-state index contributed by atoms with van der Waals surface area (Å²) in [6.45, 7) is 1.94. The van der Waals surface area contributed by atoms with Crippen LogP contribution in [0.25, 0.3) is 22.3 Å². The number of nitrogens with one attached hydrogen (secondary N) is 1. The highest BCUT2D eigenvalue weighted by molar-refractivity contribution is 9.10. The summed E-state index contributed by atoms with van der Waals surface area (Å²) in [6, 6.07) is 9.88. The number of fused-ring (bicyclic) bond motifs is 1. The Labute approximate surface area is 133 Å². The Morgan fingerprint density at radius 3 is 2.68 bits per heavy atom. The minimum atomic E-state index is -1.05. The average molecular weight is 359 g/mol. The minimum Gasteiger partial charge on any atom is -0.478 e. The van der Waals surface area contributed by atoms with Gasteiger partial charge in [-0.2, -0.15) is 0 Å². The lowest BCUT2D eigenvalue weighted by Crippen LogP contribution is -2.10. The highest BCUT2D eigenvalue weighted by Crippen LogP contribution is 2.23. The molecule has 5 nitrogen and oxygen atoms in total. The lowest BCUT2D eigenvalue weighted by Gasteiger charge is -2.06. The van der Waals surface area contributed by atoms with Crippen molar-refractivity contribution in [3.8, 4) is 11.4 Å². The molecule has 110 valence electrons. The van der Waals surface area contributed by atoms with Gasteiger partial charge in [0, 0.05) is 10.0 Å². The molecular formula is C16H11BrN2O3. The van der Waals surface area contributed by atoms with E-state index in [4.69, 9.17) is 5.11 Å². The number of aryl methyl sites for hydroxylation is 1. The average Bonchev–Trinajstić information content (AvgIpc) is 2.49. The van der Waals surface area contributed by atoms with Gasteiger partial charge in [0.15, 0.2) is 0 Å². The van der Waals surface area contributed by atoms with Crippen LogP contribution in [0.1, 0.15) is 15.9 Å². The summed E-state index contributed by atoms with van der Waals surface area (Å²) in [7, 11) is 0. The third-order valence-corrected chi connectivity index (χ3v) is 4.27. The fraction of sp³-hybridized carbons (Fsp3) is 0.0625. The third-order valence-electron chi connectivity index (χ3n) is 3.38. The number of hydrogen-bond donors (Lipinski definition) is 2. The minimum absolute atomic E-state index is 0.100. The van der Waals surface area contributed by atoms with Crippen molar-refractivity contribution in [3.05, 3.63) is 62.4 Å². The van der Waals surface area contributed by atoms with Crippen molar-refractivity contribution in [2.45, 2.75) is 6.92 Å². The number of benzene rings is 2. The van der Waals surface area contributed by atoms with E-state index in [1.807, 2.05) is 25.1 Å². The van der Waals surface area contributed by atoms with Gasteiger partial charge in [0.25, 0.3) is 5.56 Å². The maximum atomic E-state index is 12.2. The van der Waals surface area contributed by atoms with Crippen molar-refractivity contribution in [2.75, 3.05) is 0 Å². The molecule has 3 rings (SSSR count). The van der Waals surface area contributed by atoms with Gasteiger partial charge < -0.3 is 10.1 Å². The molecule has 0 fully saturated rings. The van der Waals surface area contributed by atoms with Gasteiger partial charge >= 0.3 is 5.97 Å². The molecule has 1 heterocycles. The predicted octanol–water partition coefficient (Wildman–Crippen LogP) is 3.36. The summed E-state index contributed by atoms with van der Waals surface area (Å²) in [5, 5.41) is 9.41. The van der Waals surface area contributed by atoms with Crippen LogP contribution in [0.5, 0.6) is 0 Å². The van der Waals surface area contributed by atoms with Gasteiger partial charge in [-0.25, -0.2) is 9.78 Å². The van der Waals surface area contributed by atoms with Gasteiger partial charge in [-0.15, -0.1) is 0 Å². The molecule has 2 N–H and O–H groups in total. The van der Waals surface area contributed by atoms with Crippen molar-refractivity contribution in [1.29, 1.82) is 0 Å². The molecule has 0 radical (unpaired) electrons. The number of aromatic amines is 1. The molecule has 1 aromatic heterocycles. The van der Waals surface area contributed by atoms with E-state index in [0.29, 0.717) is 16.7 Å². The van der Waals surface area contributed by atoms with Gasteiger partial charge in [-0.1, -0.05) is 22.0 Å². The van der Waals surface area contributed by atoms with Crippen LogP contribution < -0.4 is 5.56 Å². The highest BCUT2D eigenvalue weighted by Gasteiger charge is 2.10. The number of aromatic carboxylic acids is 1. The summed E-state index contributed by atoms with van der Waals surface area (Å²) >= 11 is 3.42. The van der Waals surface area contributed by atoms with Gasteiger partial charge in [-0.05, 0) is 42.8 Å². The maximum Gasteiger partial charge on any atom is 0.335 e. The standard InChI is InChI=1S/C16H11BrN2O3/c1-8-6-9(3-5-12(8)17)14-18-13-7-10(16(21)22)2-4-11(13)15(20)19-14/h2-7H,1H3,(H,21,22)(H,18,19,20). The Hall–Kier alpha value is -2.47. The second kappa shape index (κ2) is 5.38. The fourth-order valence-electron chi connectivity index (χ4n) is 2.20. The smallest absolute Gasteiger partial charge is 0.335 e. The molecular weight excluding hydrogens is 348 g/mol. The fourth-order valence-corrected chi connectivity index (χ4v) is 2.45. The Balaban J connectivity index is 2.24. The van der Waals surface area contributed by atoms with Crippen LogP contribution in [0.4, 0.5) is 0 Å². The van der Waals surface area contributed by atoms with Crippen molar-refractivity contribution in [1.82, 2.24) is 9.97 Å². The van der Waals surface area contributed by atoms with E-state index in [2.05, 4.69) is 25.9 Å². The Morgan fingerprint density at radius 2 is 2.00 bits per heavy atom. The van der Waals surface area contributed by atoms with Gasteiger partial charge in [-0.3, -0.25) is 4.79 Å². The molecule has 0 saturated carbocycles. The van der Waals surface area contributed by atoms with Crippen molar-refractivity contribution in [3.63, 3.8) is 0 Å². The molecule has 0 saturated heterocycles.